The summed E-state index contributed by atoms with van der Waals surface area (Å²) in [4.78, 5) is 4.84. The van der Waals surface area contributed by atoms with Gasteiger partial charge in [0.25, 0.3) is 0 Å². The van der Waals surface area contributed by atoms with Gasteiger partial charge in [0, 0.05) is 23.9 Å². The van der Waals surface area contributed by atoms with Gasteiger partial charge in [-0.2, -0.15) is 0 Å². The molecule has 23 heavy (non-hydrogen) atoms. The predicted octanol–water partition coefficient (Wildman–Crippen LogP) is 3.36. The van der Waals surface area contributed by atoms with Gasteiger partial charge in [-0.1, -0.05) is 18.2 Å². The van der Waals surface area contributed by atoms with Crippen LogP contribution in [0.3, 0.4) is 0 Å². The lowest BCUT2D eigenvalue weighted by molar-refractivity contribution is 0.564. The number of hydrogen-bond acceptors (Lipinski definition) is 5. The summed E-state index contributed by atoms with van der Waals surface area (Å²) in [5.41, 5.74) is 2.68. The summed E-state index contributed by atoms with van der Waals surface area (Å²) < 4.78 is 28.0. The molecule has 0 aliphatic carbocycles. The number of benzene rings is 1. The number of aromatic nitrogens is 1. The Balaban J connectivity index is 1.79. The van der Waals surface area contributed by atoms with Crippen LogP contribution in [0, 0.1) is 0 Å². The Bertz CT molecular complexity index is 886. The lowest BCUT2D eigenvalue weighted by Crippen LogP contribution is -2.01. The third kappa shape index (κ3) is 3.78. The number of nitrogens with zero attached hydrogens (tertiary/aromatic N) is 1. The van der Waals surface area contributed by atoms with Gasteiger partial charge in [-0.3, -0.25) is 0 Å². The molecule has 118 valence electrons. The van der Waals surface area contributed by atoms with E-state index in [4.69, 9.17) is 4.42 Å². The SMILES string of the molecule is CS(=O)(=O)c1ccc(-c2cccc(NCc3ccoc3)n2)cc1. The van der Waals surface area contributed by atoms with E-state index in [1.807, 2.05) is 24.3 Å². The van der Waals surface area contributed by atoms with Crippen LogP contribution in [0.1, 0.15) is 5.56 Å². The highest BCUT2D eigenvalue weighted by Crippen LogP contribution is 2.21. The largest absolute Gasteiger partial charge is 0.472 e. The highest BCUT2D eigenvalue weighted by atomic mass is 32.2. The van der Waals surface area contributed by atoms with E-state index < -0.39 is 9.84 Å². The van der Waals surface area contributed by atoms with E-state index in [-0.39, 0.29) is 0 Å². The molecule has 0 aliphatic heterocycles. The molecule has 0 saturated heterocycles. The predicted molar refractivity (Wildman–Crippen MR) is 88.8 cm³/mol. The first-order valence-electron chi connectivity index (χ1n) is 7.05. The van der Waals surface area contributed by atoms with E-state index in [2.05, 4.69) is 10.3 Å². The smallest absolute Gasteiger partial charge is 0.175 e. The van der Waals surface area contributed by atoms with Gasteiger partial charge in [-0.05, 0) is 30.3 Å². The first-order valence-corrected chi connectivity index (χ1v) is 8.94. The number of nitrogens with one attached hydrogen (secondary N) is 1. The second-order valence-corrected chi connectivity index (χ2v) is 7.21. The van der Waals surface area contributed by atoms with Gasteiger partial charge in [0.2, 0.25) is 0 Å². The highest BCUT2D eigenvalue weighted by Gasteiger charge is 2.07. The van der Waals surface area contributed by atoms with Crippen LogP contribution in [0.5, 0.6) is 0 Å². The fourth-order valence-electron chi connectivity index (χ4n) is 2.15. The van der Waals surface area contributed by atoms with Crippen molar-refractivity contribution in [3.05, 3.63) is 66.6 Å². The standard InChI is InChI=1S/C17H16N2O3S/c1-23(20,21)15-7-5-14(6-8-15)16-3-2-4-17(19-16)18-11-13-9-10-22-12-13/h2-10,12H,11H2,1H3,(H,18,19). The summed E-state index contributed by atoms with van der Waals surface area (Å²) in [5.74, 6) is 0.746. The second kappa shape index (κ2) is 6.26. The number of rotatable bonds is 5. The molecule has 0 unspecified atom stereocenters. The van der Waals surface area contributed by atoms with E-state index in [0.717, 1.165) is 22.6 Å². The average molecular weight is 328 g/mol. The molecule has 0 amide bonds. The molecular formula is C17H16N2O3S. The van der Waals surface area contributed by atoms with Crippen molar-refractivity contribution in [1.29, 1.82) is 0 Å². The number of furan rings is 1. The van der Waals surface area contributed by atoms with Crippen LogP contribution < -0.4 is 5.32 Å². The molecule has 5 nitrogen and oxygen atoms in total. The molecule has 0 spiro atoms. The van der Waals surface area contributed by atoms with Gasteiger partial charge in [0.05, 0.1) is 23.1 Å². The molecule has 0 fully saturated rings. The third-order valence-electron chi connectivity index (χ3n) is 3.38. The summed E-state index contributed by atoms with van der Waals surface area (Å²) in [6, 6.07) is 14.3. The topological polar surface area (TPSA) is 72.2 Å². The van der Waals surface area contributed by atoms with Crippen molar-refractivity contribution in [2.24, 2.45) is 0 Å². The van der Waals surface area contributed by atoms with Gasteiger partial charge < -0.3 is 9.73 Å². The molecule has 0 radical (unpaired) electrons. The van der Waals surface area contributed by atoms with E-state index in [1.165, 1.54) is 6.26 Å². The van der Waals surface area contributed by atoms with E-state index in [1.54, 1.807) is 36.8 Å². The van der Waals surface area contributed by atoms with Gasteiger partial charge in [-0.25, -0.2) is 13.4 Å². The molecule has 3 aromatic rings. The van der Waals surface area contributed by atoms with Crippen LogP contribution in [0.2, 0.25) is 0 Å². The van der Waals surface area contributed by atoms with Crippen molar-refractivity contribution >= 4 is 15.7 Å². The fraction of sp³-hybridized carbons (Fsp3) is 0.118. The lowest BCUT2D eigenvalue weighted by atomic mass is 10.1. The Labute approximate surface area is 134 Å². The quantitative estimate of drug-likeness (QED) is 0.777. The van der Waals surface area contributed by atoms with Crippen LogP contribution in [0.25, 0.3) is 11.3 Å². The van der Waals surface area contributed by atoms with Crippen molar-refractivity contribution in [2.75, 3.05) is 11.6 Å². The zero-order chi connectivity index (χ0) is 16.3. The Kier molecular flexibility index (Phi) is 4.16. The number of pyridine rings is 1. The van der Waals surface area contributed by atoms with Crippen LogP contribution in [0.15, 0.2) is 70.4 Å². The third-order valence-corrected chi connectivity index (χ3v) is 4.51. The van der Waals surface area contributed by atoms with Crippen LogP contribution in [0.4, 0.5) is 5.82 Å². The Hall–Kier alpha value is -2.60. The van der Waals surface area contributed by atoms with Crippen molar-refractivity contribution in [2.45, 2.75) is 11.4 Å². The number of hydrogen-bond donors (Lipinski definition) is 1. The monoisotopic (exact) mass is 328 g/mol. The van der Waals surface area contributed by atoms with E-state index in [9.17, 15) is 8.42 Å². The maximum absolute atomic E-state index is 11.5. The Morgan fingerprint density at radius 3 is 2.52 bits per heavy atom. The van der Waals surface area contributed by atoms with Crippen molar-refractivity contribution in [3.63, 3.8) is 0 Å². The van der Waals surface area contributed by atoms with Crippen LogP contribution in [-0.2, 0) is 16.4 Å². The zero-order valence-corrected chi connectivity index (χ0v) is 13.4. The molecule has 2 heterocycles. The maximum Gasteiger partial charge on any atom is 0.175 e. The van der Waals surface area contributed by atoms with Crippen LogP contribution >= 0.6 is 0 Å². The number of anilines is 1. The summed E-state index contributed by atoms with van der Waals surface area (Å²) in [6.45, 7) is 0.625. The van der Waals surface area contributed by atoms with Gasteiger partial charge in [-0.15, -0.1) is 0 Å². The molecular weight excluding hydrogens is 312 g/mol. The summed E-state index contributed by atoms with van der Waals surface area (Å²) in [6.07, 6.45) is 4.51. The normalized spacial score (nSPS) is 11.3. The molecule has 0 saturated carbocycles. The second-order valence-electron chi connectivity index (χ2n) is 5.19. The van der Waals surface area contributed by atoms with Crippen molar-refractivity contribution < 1.29 is 12.8 Å². The van der Waals surface area contributed by atoms with Gasteiger partial charge in [0.15, 0.2) is 9.84 Å². The van der Waals surface area contributed by atoms with Crippen molar-refractivity contribution in [1.82, 2.24) is 4.98 Å². The Morgan fingerprint density at radius 1 is 1.09 bits per heavy atom. The van der Waals surface area contributed by atoms with Gasteiger partial charge in [0.1, 0.15) is 5.82 Å². The minimum Gasteiger partial charge on any atom is -0.472 e. The maximum atomic E-state index is 11.5. The first kappa shape index (κ1) is 15.3. The summed E-state index contributed by atoms with van der Waals surface area (Å²) in [7, 11) is -3.19. The lowest BCUT2D eigenvalue weighted by Gasteiger charge is -2.07. The molecule has 3 rings (SSSR count). The Morgan fingerprint density at radius 2 is 1.87 bits per heavy atom. The van der Waals surface area contributed by atoms with E-state index in [0.29, 0.717) is 11.4 Å². The summed E-state index contributed by atoms with van der Waals surface area (Å²) in [5, 5.41) is 3.23. The van der Waals surface area contributed by atoms with Gasteiger partial charge >= 0.3 is 0 Å². The molecule has 1 aromatic carbocycles. The minimum absolute atomic E-state index is 0.301. The average Bonchev–Trinajstić information content (AvgIpc) is 3.06. The first-order chi connectivity index (χ1) is 11.0. The summed E-state index contributed by atoms with van der Waals surface area (Å²) >= 11 is 0. The van der Waals surface area contributed by atoms with Crippen molar-refractivity contribution in [3.8, 4) is 11.3 Å². The molecule has 6 heteroatoms. The zero-order valence-electron chi connectivity index (χ0n) is 12.6. The highest BCUT2D eigenvalue weighted by molar-refractivity contribution is 7.90. The molecule has 0 aliphatic rings. The molecule has 0 atom stereocenters. The van der Waals surface area contributed by atoms with E-state index >= 15 is 0 Å². The fourth-order valence-corrected chi connectivity index (χ4v) is 2.78. The molecule has 2 aromatic heterocycles. The molecule has 0 bridgehead atoms. The minimum atomic E-state index is -3.19. The number of sulfone groups is 1. The molecule has 1 N–H and O–H groups in total. The van der Waals surface area contributed by atoms with Crippen LogP contribution in [-0.4, -0.2) is 19.7 Å².